The molecule has 0 radical (unpaired) electrons. The molecule has 0 aromatic heterocycles. The molecule has 0 atom stereocenters. The summed E-state index contributed by atoms with van der Waals surface area (Å²) in [4.78, 5) is 54.7. The van der Waals surface area contributed by atoms with Gasteiger partial charge in [0, 0.05) is 5.56 Å². The molecule has 1 aliphatic heterocycles. The lowest BCUT2D eigenvalue weighted by Crippen LogP contribution is -2.32. The van der Waals surface area contributed by atoms with Crippen LogP contribution in [-0.4, -0.2) is 50.2 Å². The second-order valence-electron chi connectivity index (χ2n) is 8.29. The van der Waals surface area contributed by atoms with Gasteiger partial charge >= 0.3 is 19.5 Å². The molecule has 0 fully saturated rings. The standard InChI is InChI=1S/C28H28NO9P/c1-5-35-27(32)22-18-15-11-12-17(39(34,37-7-3)38-8-4)16-21(18)23(28(33)36-6-2)24(22)29-25(30)19-13-9-10-14-20(19)26(29)31/h9-16H,5-8H2,1-4H3. The molecule has 0 saturated carbocycles. The minimum absolute atomic E-state index is 0.00407. The van der Waals surface area contributed by atoms with E-state index in [0.29, 0.717) is 0 Å². The van der Waals surface area contributed by atoms with E-state index < -0.39 is 31.3 Å². The summed E-state index contributed by atoms with van der Waals surface area (Å²) in [6, 6.07) is 12.1. The lowest BCUT2D eigenvalue weighted by Gasteiger charge is -2.17. The molecule has 4 rings (SSSR count). The molecule has 2 amide bonds. The molecule has 10 nitrogen and oxygen atoms in total. The van der Waals surface area contributed by atoms with Gasteiger partial charge in [-0.1, -0.05) is 24.3 Å². The fraction of sp³-hybridized carbons (Fsp3) is 0.286. The number of ether oxygens (including phenoxy) is 2. The predicted molar refractivity (Wildman–Crippen MR) is 143 cm³/mol. The number of esters is 2. The zero-order valence-electron chi connectivity index (χ0n) is 22.0. The first-order chi connectivity index (χ1) is 18.7. The van der Waals surface area contributed by atoms with Gasteiger partial charge in [0.2, 0.25) is 0 Å². The molecule has 0 bridgehead atoms. The predicted octanol–water partition coefficient (Wildman–Crippen LogP) is 4.84. The average molecular weight is 554 g/mol. The minimum Gasteiger partial charge on any atom is -0.462 e. The smallest absolute Gasteiger partial charge is 0.361 e. The molecule has 0 saturated heterocycles. The number of hydrogen-bond donors (Lipinski definition) is 0. The molecule has 0 N–H and O–H groups in total. The third kappa shape index (κ3) is 4.87. The number of anilines is 1. The third-order valence-electron chi connectivity index (χ3n) is 6.02. The van der Waals surface area contributed by atoms with Crippen molar-refractivity contribution in [2.45, 2.75) is 27.7 Å². The first kappa shape index (κ1) is 28.2. The summed E-state index contributed by atoms with van der Waals surface area (Å²) in [5, 5.41) is 0.112. The van der Waals surface area contributed by atoms with Crippen molar-refractivity contribution in [3.63, 3.8) is 0 Å². The number of imide groups is 1. The highest BCUT2D eigenvalue weighted by Gasteiger charge is 2.44. The summed E-state index contributed by atoms with van der Waals surface area (Å²) in [6.45, 7) is 6.67. The van der Waals surface area contributed by atoms with Crippen LogP contribution < -0.4 is 10.2 Å². The SMILES string of the molecule is CCOC(=O)c1c2cccc(P(=O)(OCC)OCC)cc-2c(C(=O)OCC)c1N1C(=O)c2ccccc2C1=O. The first-order valence-electron chi connectivity index (χ1n) is 12.5. The van der Waals surface area contributed by atoms with Crippen molar-refractivity contribution < 1.29 is 42.3 Å². The van der Waals surface area contributed by atoms with Crippen LogP contribution in [0.15, 0.2) is 48.5 Å². The fourth-order valence-electron chi connectivity index (χ4n) is 4.54. The van der Waals surface area contributed by atoms with Gasteiger partial charge in [-0.05, 0) is 57.5 Å². The van der Waals surface area contributed by atoms with Crippen molar-refractivity contribution in [1.82, 2.24) is 0 Å². The highest BCUT2D eigenvalue weighted by Crippen LogP contribution is 2.50. The zero-order valence-corrected chi connectivity index (χ0v) is 22.9. The van der Waals surface area contributed by atoms with Crippen LogP contribution in [0.3, 0.4) is 0 Å². The maximum atomic E-state index is 13.7. The third-order valence-corrected chi connectivity index (χ3v) is 8.12. The summed E-state index contributed by atoms with van der Waals surface area (Å²) in [7, 11) is -3.84. The molecular formula is C28H28NO9P. The molecule has 1 aromatic carbocycles. The highest BCUT2D eigenvalue weighted by molar-refractivity contribution is 7.62. The number of rotatable bonds is 10. The molecular weight excluding hydrogens is 525 g/mol. The Balaban J connectivity index is 2.11. The number of hydrogen-bond acceptors (Lipinski definition) is 9. The van der Waals surface area contributed by atoms with Gasteiger partial charge in [0.05, 0.1) is 59.7 Å². The minimum atomic E-state index is -3.84. The van der Waals surface area contributed by atoms with Crippen LogP contribution in [0, 0.1) is 0 Å². The quantitative estimate of drug-likeness (QED) is 0.197. The number of amides is 2. The van der Waals surface area contributed by atoms with E-state index in [-0.39, 0.29) is 70.8 Å². The van der Waals surface area contributed by atoms with Crippen molar-refractivity contribution >= 4 is 42.3 Å². The van der Waals surface area contributed by atoms with Gasteiger partial charge in [-0.2, -0.15) is 0 Å². The Morgan fingerprint density at radius 1 is 0.692 bits per heavy atom. The lowest BCUT2D eigenvalue weighted by atomic mass is 10.1. The number of benzene rings is 1. The zero-order chi connectivity index (χ0) is 28.3. The van der Waals surface area contributed by atoms with Gasteiger partial charge in [0.1, 0.15) is 0 Å². The van der Waals surface area contributed by atoms with E-state index in [1.807, 2.05) is 0 Å². The summed E-state index contributed by atoms with van der Waals surface area (Å²) < 4.78 is 35.3. The Labute approximate surface area is 225 Å². The molecule has 204 valence electrons. The fourth-order valence-corrected chi connectivity index (χ4v) is 6.15. The maximum absolute atomic E-state index is 13.7. The molecule has 1 aromatic rings. The number of carbonyl (C=O) groups is 4. The van der Waals surface area contributed by atoms with Crippen LogP contribution in [0.5, 0.6) is 0 Å². The van der Waals surface area contributed by atoms with E-state index >= 15 is 0 Å². The number of fused-ring (bicyclic) bond motifs is 2. The molecule has 0 spiro atoms. The topological polar surface area (TPSA) is 126 Å². The van der Waals surface area contributed by atoms with Gasteiger partial charge in [-0.25, -0.2) is 14.5 Å². The van der Waals surface area contributed by atoms with Crippen LogP contribution >= 0.6 is 7.60 Å². The highest BCUT2D eigenvalue weighted by atomic mass is 31.2. The van der Waals surface area contributed by atoms with Crippen molar-refractivity contribution in [2.75, 3.05) is 31.3 Å². The molecule has 0 unspecified atom stereocenters. The van der Waals surface area contributed by atoms with E-state index in [2.05, 4.69) is 0 Å². The lowest BCUT2D eigenvalue weighted by molar-refractivity contribution is 0.0525. The number of nitrogens with zero attached hydrogens (tertiary/aromatic N) is 1. The van der Waals surface area contributed by atoms with Gasteiger partial charge in [0.25, 0.3) is 11.8 Å². The summed E-state index contributed by atoms with van der Waals surface area (Å²) in [6.07, 6.45) is 0. The Hall–Kier alpha value is -3.85. The Morgan fingerprint density at radius 3 is 1.67 bits per heavy atom. The second kappa shape index (κ2) is 11.5. The first-order valence-corrected chi connectivity index (χ1v) is 14.1. The number of carbonyl (C=O) groups excluding carboxylic acids is 4. The van der Waals surface area contributed by atoms with Crippen molar-refractivity contribution in [1.29, 1.82) is 0 Å². The van der Waals surface area contributed by atoms with Crippen molar-refractivity contribution in [3.8, 4) is 11.1 Å². The second-order valence-corrected chi connectivity index (χ2v) is 10.3. The van der Waals surface area contributed by atoms with Crippen LogP contribution in [0.1, 0.15) is 69.1 Å². The van der Waals surface area contributed by atoms with E-state index in [9.17, 15) is 23.7 Å². The Kier molecular flexibility index (Phi) is 8.30. The van der Waals surface area contributed by atoms with Gasteiger partial charge in [-0.3, -0.25) is 14.2 Å². The summed E-state index contributed by atoms with van der Waals surface area (Å²) >= 11 is 0. The summed E-state index contributed by atoms with van der Waals surface area (Å²) in [5.74, 6) is -3.15. The van der Waals surface area contributed by atoms with Gasteiger partial charge in [-0.15, -0.1) is 0 Å². The van der Waals surface area contributed by atoms with Gasteiger partial charge < -0.3 is 18.5 Å². The van der Waals surface area contributed by atoms with Crippen LogP contribution in [-0.2, 0) is 23.1 Å². The monoisotopic (exact) mass is 553 g/mol. The average Bonchev–Trinajstić information content (AvgIpc) is 3.23. The van der Waals surface area contributed by atoms with Crippen molar-refractivity contribution in [3.05, 3.63) is 70.8 Å². The molecule has 3 aliphatic rings. The van der Waals surface area contributed by atoms with Crippen LogP contribution in [0.4, 0.5) is 5.69 Å². The Morgan fingerprint density at radius 2 is 1.18 bits per heavy atom. The largest absolute Gasteiger partial charge is 0.462 e. The van der Waals surface area contributed by atoms with Crippen LogP contribution in [0.25, 0.3) is 11.1 Å². The molecule has 39 heavy (non-hydrogen) atoms. The Bertz CT molecular complexity index is 1440. The van der Waals surface area contributed by atoms with Crippen LogP contribution in [0.2, 0.25) is 0 Å². The van der Waals surface area contributed by atoms with E-state index in [4.69, 9.17) is 18.5 Å². The van der Waals surface area contributed by atoms with Crippen molar-refractivity contribution in [2.24, 2.45) is 0 Å². The van der Waals surface area contributed by atoms with Gasteiger partial charge in [0.15, 0.2) is 0 Å². The normalized spacial score (nSPS) is 13.1. The van der Waals surface area contributed by atoms with E-state index in [1.165, 1.54) is 36.4 Å². The van der Waals surface area contributed by atoms with E-state index in [1.54, 1.807) is 39.8 Å². The maximum Gasteiger partial charge on any atom is 0.361 e. The van der Waals surface area contributed by atoms with E-state index in [0.717, 1.165) is 4.90 Å². The molecule has 11 heteroatoms. The summed E-state index contributed by atoms with van der Waals surface area (Å²) in [5.41, 5.74) is -0.0957. The molecule has 2 aliphatic carbocycles. The molecule has 1 heterocycles.